The lowest BCUT2D eigenvalue weighted by Gasteiger charge is -2.11. The molecule has 0 bridgehead atoms. The molecule has 88 valence electrons. The minimum atomic E-state index is 0.453. The molecular formula is C12H14N4O. The Morgan fingerprint density at radius 3 is 3.12 bits per heavy atom. The maximum absolute atomic E-state index is 5.66. The summed E-state index contributed by atoms with van der Waals surface area (Å²) in [4.78, 5) is 12.6. The van der Waals surface area contributed by atoms with Crippen molar-refractivity contribution in [2.75, 3.05) is 13.2 Å². The number of fused-ring (bicyclic) bond motifs is 1. The van der Waals surface area contributed by atoms with Crippen LogP contribution >= 0.6 is 0 Å². The van der Waals surface area contributed by atoms with E-state index in [2.05, 4.69) is 20.3 Å². The van der Waals surface area contributed by atoms with E-state index in [1.165, 1.54) is 12.8 Å². The lowest BCUT2D eigenvalue weighted by Crippen LogP contribution is -2.28. The second-order valence-electron chi connectivity index (χ2n) is 4.15. The number of rotatable bonds is 3. The molecule has 0 aromatic carbocycles. The summed E-state index contributed by atoms with van der Waals surface area (Å²) in [5.41, 5.74) is 1.42. The molecule has 1 atom stereocenters. The van der Waals surface area contributed by atoms with Crippen LogP contribution in [0.2, 0.25) is 0 Å². The number of hydrogen-bond donors (Lipinski definition) is 1. The molecule has 0 saturated carbocycles. The molecule has 3 rings (SSSR count). The number of hydrogen-bond acceptors (Lipinski definition) is 5. The molecule has 1 unspecified atom stereocenters. The summed E-state index contributed by atoms with van der Waals surface area (Å²) in [6, 6.07) is 4.17. The van der Waals surface area contributed by atoms with E-state index < -0.39 is 0 Å². The van der Waals surface area contributed by atoms with Gasteiger partial charge in [-0.3, -0.25) is 4.98 Å². The van der Waals surface area contributed by atoms with Crippen LogP contribution in [0.3, 0.4) is 0 Å². The third kappa shape index (κ3) is 2.34. The minimum Gasteiger partial charge on any atom is -0.476 e. The highest BCUT2D eigenvalue weighted by molar-refractivity contribution is 5.69. The zero-order chi connectivity index (χ0) is 11.5. The summed E-state index contributed by atoms with van der Waals surface area (Å²) >= 11 is 0. The summed E-state index contributed by atoms with van der Waals surface area (Å²) in [5, 5.41) is 3.38. The SMILES string of the molecule is c1cnc2nc(OCC3CCCN3)ccc2n1. The first-order chi connectivity index (χ1) is 8.42. The predicted molar refractivity (Wildman–Crippen MR) is 63.9 cm³/mol. The van der Waals surface area contributed by atoms with Gasteiger partial charge in [-0.2, -0.15) is 4.98 Å². The van der Waals surface area contributed by atoms with Gasteiger partial charge in [-0.15, -0.1) is 0 Å². The van der Waals surface area contributed by atoms with Gasteiger partial charge in [-0.05, 0) is 25.5 Å². The van der Waals surface area contributed by atoms with E-state index in [9.17, 15) is 0 Å². The Morgan fingerprint density at radius 2 is 2.24 bits per heavy atom. The number of aromatic nitrogens is 3. The summed E-state index contributed by atoms with van der Waals surface area (Å²) in [6.07, 6.45) is 5.70. The Bertz CT molecular complexity index is 511. The molecular weight excluding hydrogens is 216 g/mol. The third-order valence-electron chi connectivity index (χ3n) is 2.90. The van der Waals surface area contributed by atoms with E-state index in [-0.39, 0.29) is 0 Å². The highest BCUT2D eigenvalue weighted by Gasteiger charge is 2.14. The molecule has 0 spiro atoms. The fourth-order valence-electron chi connectivity index (χ4n) is 2.00. The van der Waals surface area contributed by atoms with Crippen LogP contribution < -0.4 is 10.1 Å². The molecule has 1 fully saturated rings. The first kappa shape index (κ1) is 10.4. The van der Waals surface area contributed by atoms with Crippen molar-refractivity contribution in [1.29, 1.82) is 0 Å². The molecule has 17 heavy (non-hydrogen) atoms. The Hall–Kier alpha value is -1.75. The summed E-state index contributed by atoms with van der Waals surface area (Å²) in [5.74, 6) is 0.617. The molecule has 3 heterocycles. The van der Waals surface area contributed by atoms with E-state index in [4.69, 9.17) is 4.74 Å². The van der Waals surface area contributed by atoms with Crippen LogP contribution in [-0.4, -0.2) is 34.1 Å². The molecule has 1 saturated heterocycles. The van der Waals surface area contributed by atoms with Crippen LogP contribution in [0.15, 0.2) is 24.5 Å². The number of nitrogens with one attached hydrogen (secondary N) is 1. The van der Waals surface area contributed by atoms with Crippen molar-refractivity contribution in [2.24, 2.45) is 0 Å². The topological polar surface area (TPSA) is 59.9 Å². The largest absolute Gasteiger partial charge is 0.476 e. The molecule has 2 aromatic heterocycles. The number of ether oxygens (including phenoxy) is 1. The van der Waals surface area contributed by atoms with E-state index in [1.54, 1.807) is 12.4 Å². The normalized spacial score (nSPS) is 19.6. The van der Waals surface area contributed by atoms with Gasteiger partial charge in [-0.25, -0.2) is 4.98 Å². The average molecular weight is 230 g/mol. The molecule has 0 amide bonds. The molecule has 2 aromatic rings. The van der Waals surface area contributed by atoms with E-state index in [0.29, 0.717) is 24.2 Å². The van der Waals surface area contributed by atoms with Crippen molar-refractivity contribution < 1.29 is 4.74 Å². The van der Waals surface area contributed by atoms with Crippen LogP contribution in [0, 0.1) is 0 Å². The lowest BCUT2D eigenvalue weighted by atomic mass is 10.2. The molecule has 1 aliphatic heterocycles. The molecule has 1 N–H and O–H groups in total. The Kier molecular flexibility index (Phi) is 2.83. The predicted octanol–water partition coefficient (Wildman–Crippen LogP) is 1.16. The highest BCUT2D eigenvalue weighted by Crippen LogP contribution is 2.13. The molecule has 0 radical (unpaired) electrons. The molecule has 1 aliphatic rings. The van der Waals surface area contributed by atoms with Gasteiger partial charge in [0.25, 0.3) is 0 Å². The van der Waals surface area contributed by atoms with Gasteiger partial charge in [0, 0.05) is 24.5 Å². The second kappa shape index (κ2) is 4.63. The zero-order valence-corrected chi connectivity index (χ0v) is 9.47. The average Bonchev–Trinajstić information content (AvgIpc) is 2.89. The van der Waals surface area contributed by atoms with Crippen LogP contribution in [0.4, 0.5) is 0 Å². The maximum atomic E-state index is 5.66. The Morgan fingerprint density at radius 1 is 1.29 bits per heavy atom. The van der Waals surface area contributed by atoms with E-state index >= 15 is 0 Å². The molecule has 0 aliphatic carbocycles. The van der Waals surface area contributed by atoms with Gasteiger partial charge >= 0.3 is 0 Å². The highest BCUT2D eigenvalue weighted by atomic mass is 16.5. The van der Waals surface area contributed by atoms with E-state index in [1.807, 2.05) is 12.1 Å². The summed E-state index contributed by atoms with van der Waals surface area (Å²) < 4.78 is 5.66. The van der Waals surface area contributed by atoms with Gasteiger partial charge in [0.1, 0.15) is 12.1 Å². The Labute approximate surface area is 99.3 Å². The standard InChI is InChI=1S/C12H14N4O/c1-2-9(13-5-1)8-17-11-4-3-10-12(16-11)15-7-6-14-10/h3-4,6-7,9,13H,1-2,5,8H2. The molecule has 5 heteroatoms. The van der Waals surface area contributed by atoms with Crippen LogP contribution in [-0.2, 0) is 0 Å². The van der Waals surface area contributed by atoms with Crippen molar-refractivity contribution in [1.82, 2.24) is 20.3 Å². The smallest absolute Gasteiger partial charge is 0.215 e. The fraction of sp³-hybridized carbons (Fsp3) is 0.417. The van der Waals surface area contributed by atoms with Gasteiger partial charge in [0.05, 0.1) is 0 Å². The maximum Gasteiger partial charge on any atom is 0.215 e. The van der Waals surface area contributed by atoms with Crippen molar-refractivity contribution in [3.05, 3.63) is 24.5 Å². The van der Waals surface area contributed by atoms with Gasteiger partial charge in [0.15, 0.2) is 5.65 Å². The monoisotopic (exact) mass is 230 g/mol. The second-order valence-corrected chi connectivity index (χ2v) is 4.15. The summed E-state index contributed by atoms with van der Waals surface area (Å²) in [6.45, 7) is 1.75. The zero-order valence-electron chi connectivity index (χ0n) is 9.47. The van der Waals surface area contributed by atoms with Crippen LogP contribution in [0.1, 0.15) is 12.8 Å². The number of pyridine rings is 1. The summed E-state index contributed by atoms with van der Waals surface area (Å²) in [7, 11) is 0. The van der Waals surface area contributed by atoms with Crippen LogP contribution in [0.5, 0.6) is 5.88 Å². The minimum absolute atomic E-state index is 0.453. The lowest BCUT2D eigenvalue weighted by molar-refractivity contribution is 0.268. The first-order valence-corrected chi connectivity index (χ1v) is 5.86. The first-order valence-electron chi connectivity index (χ1n) is 5.86. The van der Waals surface area contributed by atoms with Gasteiger partial charge in [-0.1, -0.05) is 0 Å². The van der Waals surface area contributed by atoms with Crippen molar-refractivity contribution >= 4 is 11.2 Å². The van der Waals surface area contributed by atoms with Crippen molar-refractivity contribution in [3.8, 4) is 5.88 Å². The Balaban J connectivity index is 1.72. The third-order valence-corrected chi connectivity index (χ3v) is 2.90. The van der Waals surface area contributed by atoms with Gasteiger partial charge < -0.3 is 10.1 Å². The van der Waals surface area contributed by atoms with Crippen molar-refractivity contribution in [2.45, 2.75) is 18.9 Å². The quantitative estimate of drug-likeness (QED) is 0.857. The van der Waals surface area contributed by atoms with Crippen LogP contribution in [0.25, 0.3) is 11.2 Å². The fourth-order valence-corrected chi connectivity index (χ4v) is 2.00. The number of nitrogens with zero attached hydrogens (tertiary/aromatic N) is 3. The van der Waals surface area contributed by atoms with E-state index in [0.717, 1.165) is 12.1 Å². The van der Waals surface area contributed by atoms with Crippen molar-refractivity contribution in [3.63, 3.8) is 0 Å². The van der Waals surface area contributed by atoms with Gasteiger partial charge in [0.2, 0.25) is 5.88 Å². The molecule has 5 nitrogen and oxygen atoms in total.